The zero-order chi connectivity index (χ0) is 14.1. The molecule has 1 aliphatic heterocycles. The second-order valence-corrected chi connectivity index (χ2v) is 5.68. The fourth-order valence-electron chi connectivity index (χ4n) is 2.40. The molecule has 20 heavy (non-hydrogen) atoms. The van der Waals surface area contributed by atoms with Crippen molar-refractivity contribution >= 4 is 17.2 Å². The standard InChI is InChI=1S/C13H16N4O2S/c1-8-11(20-7-15-8)13(18)16-9-3-6-19-10(9)12-14-4-5-17(12)2/h4-5,7,9-10H,3,6H2,1-2H3,(H,16,18)/t9-,10-/m0/s1. The van der Waals surface area contributed by atoms with Gasteiger partial charge < -0.3 is 14.6 Å². The lowest BCUT2D eigenvalue weighted by molar-refractivity contribution is 0.0781. The van der Waals surface area contributed by atoms with E-state index in [9.17, 15) is 4.79 Å². The van der Waals surface area contributed by atoms with Crippen LogP contribution in [0.5, 0.6) is 0 Å². The second-order valence-electron chi connectivity index (χ2n) is 4.82. The Bertz CT molecular complexity index is 621. The molecule has 3 heterocycles. The van der Waals surface area contributed by atoms with Gasteiger partial charge in [0.05, 0.1) is 17.2 Å². The van der Waals surface area contributed by atoms with E-state index in [1.165, 1.54) is 11.3 Å². The van der Waals surface area contributed by atoms with Gasteiger partial charge in [0.25, 0.3) is 5.91 Å². The van der Waals surface area contributed by atoms with Gasteiger partial charge in [0.2, 0.25) is 0 Å². The molecular formula is C13H16N4O2S. The van der Waals surface area contributed by atoms with Gasteiger partial charge in [0.15, 0.2) is 0 Å². The molecule has 2 atom stereocenters. The lowest BCUT2D eigenvalue weighted by Crippen LogP contribution is -2.37. The van der Waals surface area contributed by atoms with Crippen molar-refractivity contribution in [3.8, 4) is 0 Å². The quantitative estimate of drug-likeness (QED) is 0.929. The van der Waals surface area contributed by atoms with Crippen LogP contribution < -0.4 is 5.32 Å². The van der Waals surface area contributed by atoms with Crippen LogP contribution in [-0.4, -0.2) is 33.1 Å². The van der Waals surface area contributed by atoms with Crippen molar-refractivity contribution in [1.29, 1.82) is 0 Å². The van der Waals surface area contributed by atoms with E-state index in [1.807, 2.05) is 24.7 Å². The van der Waals surface area contributed by atoms with E-state index >= 15 is 0 Å². The first-order valence-corrected chi connectivity index (χ1v) is 7.34. The molecule has 0 saturated carbocycles. The lowest BCUT2D eigenvalue weighted by Gasteiger charge is -2.19. The Hall–Kier alpha value is -1.73. The van der Waals surface area contributed by atoms with Crippen molar-refractivity contribution in [2.24, 2.45) is 7.05 Å². The monoisotopic (exact) mass is 292 g/mol. The van der Waals surface area contributed by atoms with Crippen LogP contribution in [0.15, 0.2) is 17.9 Å². The molecule has 0 aliphatic carbocycles. The highest BCUT2D eigenvalue weighted by Crippen LogP contribution is 2.28. The number of hydrogen-bond acceptors (Lipinski definition) is 5. The van der Waals surface area contributed by atoms with E-state index in [2.05, 4.69) is 15.3 Å². The fourth-order valence-corrected chi connectivity index (χ4v) is 3.10. The van der Waals surface area contributed by atoms with Crippen LogP contribution in [0.4, 0.5) is 0 Å². The van der Waals surface area contributed by atoms with Crippen molar-refractivity contribution in [2.75, 3.05) is 6.61 Å². The Morgan fingerprint density at radius 1 is 1.55 bits per heavy atom. The molecule has 106 valence electrons. The number of rotatable bonds is 3. The van der Waals surface area contributed by atoms with Gasteiger partial charge in [-0.15, -0.1) is 11.3 Å². The smallest absolute Gasteiger partial charge is 0.263 e. The molecule has 2 aromatic heterocycles. The summed E-state index contributed by atoms with van der Waals surface area (Å²) < 4.78 is 7.65. The third-order valence-corrected chi connectivity index (χ3v) is 4.40. The predicted octanol–water partition coefficient (Wildman–Crippen LogP) is 1.45. The summed E-state index contributed by atoms with van der Waals surface area (Å²) in [4.78, 5) is 21.3. The van der Waals surface area contributed by atoms with Crippen LogP contribution in [0.1, 0.15) is 33.7 Å². The largest absolute Gasteiger partial charge is 0.368 e. The van der Waals surface area contributed by atoms with Gasteiger partial charge in [-0.05, 0) is 13.3 Å². The van der Waals surface area contributed by atoms with E-state index in [-0.39, 0.29) is 18.1 Å². The average molecular weight is 292 g/mol. The van der Waals surface area contributed by atoms with Crippen molar-refractivity contribution in [3.05, 3.63) is 34.3 Å². The third-order valence-electron chi connectivity index (χ3n) is 3.47. The first-order valence-electron chi connectivity index (χ1n) is 6.46. The van der Waals surface area contributed by atoms with Gasteiger partial charge in [-0.2, -0.15) is 0 Å². The van der Waals surface area contributed by atoms with Gasteiger partial charge in [-0.25, -0.2) is 9.97 Å². The number of thiazole rings is 1. The number of imidazole rings is 1. The van der Waals surface area contributed by atoms with Crippen LogP contribution >= 0.6 is 11.3 Å². The number of amides is 1. The van der Waals surface area contributed by atoms with Crippen LogP contribution in [-0.2, 0) is 11.8 Å². The Morgan fingerprint density at radius 2 is 2.40 bits per heavy atom. The van der Waals surface area contributed by atoms with Crippen molar-refractivity contribution in [1.82, 2.24) is 19.9 Å². The molecule has 2 aromatic rings. The Labute approximate surface area is 120 Å². The minimum absolute atomic E-state index is 0.0508. The molecule has 0 unspecified atom stereocenters. The highest BCUT2D eigenvalue weighted by Gasteiger charge is 2.34. The summed E-state index contributed by atoms with van der Waals surface area (Å²) in [5.74, 6) is 0.758. The van der Waals surface area contributed by atoms with E-state index in [1.54, 1.807) is 11.7 Å². The minimum Gasteiger partial charge on any atom is -0.368 e. The first kappa shape index (κ1) is 13.3. The fraction of sp³-hybridized carbons (Fsp3) is 0.462. The Kier molecular flexibility index (Phi) is 3.54. The lowest BCUT2D eigenvalue weighted by atomic mass is 10.1. The number of hydrogen-bond donors (Lipinski definition) is 1. The van der Waals surface area contributed by atoms with E-state index in [4.69, 9.17) is 4.74 Å². The SMILES string of the molecule is Cc1ncsc1C(=O)N[C@H]1CCO[C@@H]1c1nccn1C. The van der Waals surface area contributed by atoms with Crippen molar-refractivity contribution < 1.29 is 9.53 Å². The highest BCUT2D eigenvalue weighted by molar-refractivity contribution is 7.11. The summed E-state index contributed by atoms with van der Waals surface area (Å²) in [5, 5.41) is 3.04. The Balaban J connectivity index is 1.75. The maximum absolute atomic E-state index is 12.3. The van der Waals surface area contributed by atoms with Gasteiger partial charge in [0.1, 0.15) is 16.8 Å². The molecule has 0 aromatic carbocycles. The molecule has 1 saturated heterocycles. The Morgan fingerprint density at radius 3 is 3.05 bits per heavy atom. The van der Waals surface area contributed by atoms with E-state index < -0.39 is 0 Å². The number of aryl methyl sites for hydroxylation is 2. The molecule has 0 spiro atoms. The number of carbonyl (C=O) groups is 1. The van der Waals surface area contributed by atoms with Gasteiger partial charge in [0, 0.05) is 26.0 Å². The van der Waals surface area contributed by atoms with E-state index in [0.29, 0.717) is 11.5 Å². The van der Waals surface area contributed by atoms with Gasteiger partial charge in [-0.3, -0.25) is 4.79 Å². The molecular weight excluding hydrogens is 276 g/mol. The van der Waals surface area contributed by atoms with Gasteiger partial charge >= 0.3 is 0 Å². The average Bonchev–Trinajstić information content (AvgIpc) is 3.10. The number of nitrogens with one attached hydrogen (secondary N) is 1. The summed E-state index contributed by atoms with van der Waals surface area (Å²) >= 11 is 1.36. The van der Waals surface area contributed by atoms with Crippen LogP contribution in [0, 0.1) is 6.92 Å². The summed E-state index contributed by atoms with van der Waals surface area (Å²) in [5.41, 5.74) is 2.45. The summed E-state index contributed by atoms with van der Waals surface area (Å²) in [6.45, 7) is 2.47. The number of ether oxygens (including phenoxy) is 1. The molecule has 1 amide bonds. The van der Waals surface area contributed by atoms with Crippen LogP contribution in [0.3, 0.4) is 0 Å². The number of aromatic nitrogens is 3. The molecule has 6 nitrogen and oxygen atoms in total. The number of carbonyl (C=O) groups excluding carboxylic acids is 1. The number of nitrogens with zero attached hydrogens (tertiary/aromatic N) is 3. The molecule has 1 fully saturated rings. The zero-order valence-electron chi connectivity index (χ0n) is 11.4. The topological polar surface area (TPSA) is 69.0 Å². The molecule has 3 rings (SSSR count). The first-order chi connectivity index (χ1) is 9.66. The molecule has 0 bridgehead atoms. The third kappa shape index (κ3) is 2.34. The summed E-state index contributed by atoms with van der Waals surface area (Å²) in [6, 6.07) is -0.0508. The zero-order valence-corrected chi connectivity index (χ0v) is 12.2. The highest BCUT2D eigenvalue weighted by atomic mass is 32.1. The van der Waals surface area contributed by atoms with E-state index in [0.717, 1.165) is 17.9 Å². The molecule has 1 aliphatic rings. The maximum Gasteiger partial charge on any atom is 0.263 e. The van der Waals surface area contributed by atoms with Crippen LogP contribution in [0.2, 0.25) is 0 Å². The summed E-state index contributed by atoms with van der Waals surface area (Å²) in [6.07, 6.45) is 4.22. The van der Waals surface area contributed by atoms with Crippen LogP contribution in [0.25, 0.3) is 0 Å². The molecule has 1 N–H and O–H groups in total. The second kappa shape index (κ2) is 5.34. The van der Waals surface area contributed by atoms with Crippen molar-refractivity contribution in [2.45, 2.75) is 25.5 Å². The predicted molar refractivity (Wildman–Crippen MR) is 74.6 cm³/mol. The maximum atomic E-state index is 12.3. The minimum atomic E-state index is -0.188. The molecule has 0 radical (unpaired) electrons. The van der Waals surface area contributed by atoms with Gasteiger partial charge in [-0.1, -0.05) is 0 Å². The van der Waals surface area contributed by atoms with Crippen molar-refractivity contribution in [3.63, 3.8) is 0 Å². The summed E-state index contributed by atoms with van der Waals surface area (Å²) in [7, 11) is 1.93. The normalized spacial score (nSPS) is 22.1. The molecule has 7 heteroatoms.